The fourth-order valence-corrected chi connectivity index (χ4v) is 1.61. The molecule has 0 aromatic rings. The predicted octanol–water partition coefficient (Wildman–Crippen LogP) is -2.17. The average Bonchev–Trinajstić information content (AvgIpc) is 2.29. The highest BCUT2D eigenvalue weighted by atomic mass is 16.7. The van der Waals surface area contributed by atoms with Gasteiger partial charge in [0.05, 0.1) is 6.61 Å². The number of ether oxygens (including phenoxy) is 2. The van der Waals surface area contributed by atoms with E-state index in [2.05, 4.69) is 5.92 Å². The molecule has 4 N–H and O–H groups in total. The van der Waals surface area contributed by atoms with Gasteiger partial charge in [0.25, 0.3) is 0 Å². The Kier molecular flexibility index (Phi) is 4.27. The van der Waals surface area contributed by atoms with Crippen LogP contribution in [0.2, 0.25) is 0 Å². The van der Waals surface area contributed by atoms with Crippen molar-refractivity contribution in [1.82, 2.24) is 0 Å². The van der Waals surface area contributed by atoms with E-state index >= 15 is 0 Å². The van der Waals surface area contributed by atoms with E-state index in [-0.39, 0.29) is 6.61 Å². The molecule has 0 spiro atoms. The van der Waals surface area contributed by atoms with Crippen molar-refractivity contribution in [2.24, 2.45) is 0 Å². The van der Waals surface area contributed by atoms with Gasteiger partial charge in [-0.2, -0.15) is 0 Å². The fraction of sp³-hybridized carbons (Fsp3) is 0.800. The molecule has 1 fully saturated rings. The lowest BCUT2D eigenvalue weighted by Crippen LogP contribution is -2.64. The summed E-state index contributed by atoms with van der Waals surface area (Å²) in [6.07, 6.45) is -0.304. The number of aliphatic hydroxyl groups excluding tert-OH is 4. The molecule has 0 bridgehead atoms. The van der Waals surface area contributed by atoms with Gasteiger partial charge in [-0.1, -0.05) is 5.92 Å². The van der Waals surface area contributed by atoms with Crippen LogP contribution in [0.5, 0.6) is 0 Å². The molecular formula is C10H16O6. The summed E-state index contributed by atoms with van der Waals surface area (Å²) in [5.41, 5.74) is 0. The van der Waals surface area contributed by atoms with Gasteiger partial charge < -0.3 is 29.9 Å². The molecule has 0 aromatic heterocycles. The second-order valence-electron chi connectivity index (χ2n) is 3.77. The molecule has 0 aliphatic carbocycles. The van der Waals surface area contributed by atoms with E-state index in [0.717, 1.165) is 0 Å². The van der Waals surface area contributed by atoms with Crippen molar-refractivity contribution in [3.05, 3.63) is 0 Å². The Morgan fingerprint density at radius 3 is 2.50 bits per heavy atom. The summed E-state index contributed by atoms with van der Waals surface area (Å²) in [5.74, 6) is 0.656. The van der Waals surface area contributed by atoms with Crippen LogP contribution in [0.4, 0.5) is 0 Å². The van der Waals surface area contributed by atoms with Gasteiger partial charge in [0, 0.05) is 0 Å². The first kappa shape index (κ1) is 13.4. The van der Waals surface area contributed by atoms with Crippen LogP contribution in [0.1, 0.15) is 6.92 Å². The molecule has 0 aromatic carbocycles. The number of hydrogen-bond acceptors (Lipinski definition) is 6. The summed E-state index contributed by atoms with van der Waals surface area (Å²) < 4.78 is 10.3. The van der Waals surface area contributed by atoms with Crippen molar-refractivity contribution in [3.63, 3.8) is 0 Å². The van der Waals surface area contributed by atoms with E-state index in [1.54, 1.807) is 0 Å². The average molecular weight is 232 g/mol. The summed E-state index contributed by atoms with van der Waals surface area (Å²) >= 11 is 0. The van der Waals surface area contributed by atoms with Crippen molar-refractivity contribution in [2.45, 2.75) is 37.1 Å². The molecular weight excluding hydrogens is 216 g/mol. The number of rotatable bonds is 3. The summed E-state index contributed by atoms with van der Waals surface area (Å²) in [5, 5.41) is 37.7. The molecule has 0 saturated carbocycles. The first-order chi connectivity index (χ1) is 7.46. The van der Waals surface area contributed by atoms with Gasteiger partial charge in [0.15, 0.2) is 5.79 Å². The third-order valence-electron chi connectivity index (χ3n) is 2.60. The lowest BCUT2D eigenvalue weighted by molar-refractivity contribution is -0.353. The van der Waals surface area contributed by atoms with Crippen LogP contribution in [0, 0.1) is 12.3 Å². The van der Waals surface area contributed by atoms with Crippen LogP contribution >= 0.6 is 0 Å². The Morgan fingerprint density at radius 2 is 2.00 bits per heavy atom. The zero-order chi connectivity index (χ0) is 12.3. The number of hydrogen-bond donors (Lipinski definition) is 4. The zero-order valence-corrected chi connectivity index (χ0v) is 8.91. The van der Waals surface area contributed by atoms with E-state index in [1.165, 1.54) is 6.92 Å². The third kappa shape index (κ3) is 2.35. The van der Waals surface area contributed by atoms with Crippen molar-refractivity contribution >= 4 is 0 Å². The Morgan fingerprint density at radius 1 is 1.38 bits per heavy atom. The third-order valence-corrected chi connectivity index (χ3v) is 2.60. The molecule has 0 radical (unpaired) electrons. The first-order valence-electron chi connectivity index (χ1n) is 4.86. The van der Waals surface area contributed by atoms with Gasteiger partial charge in [-0.05, 0) is 6.92 Å². The number of aliphatic hydroxyl groups is 4. The summed E-state index contributed by atoms with van der Waals surface area (Å²) in [6, 6.07) is 0. The standard InChI is InChI=1S/C10H16O6/c1-3-4-15-10(2)9(14)8(13)7(12)6(5-11)16-10/h1,6-9,11-14H,4-5H2,2H3/t6?,7-,8?,9-,10+/m0/s1. The van der Waals surface area contributed by atoms with Crippen LogP contribution < -0.4 is 0 Å². The van der Waals surface area contributed by atoms with Gasteiger partial charge in [0.1, 0.15) is 31.0 Å². The lowest BCUT2D eigenvalue weighted by Gasteiger charge is -2.45. The largest absolute Gasteiger partial charge is 0.394 e. The Bertz CT molecular complexity index is 273. The minimum Gasteiger partial charge on any atom is -0.394 e. The van der Waals surface area contributed by atoms with E-state index in [9.17, 15) is 15.3 Å². The maximum absolute atomic E-state index is 9.70. The quantitative estimate of drug-likeness (QED) is 0.413. The molecule has 16 heavy (non-hydrogen) atoms. The van der Waals surface area contributed by atoms with E-state index in [1.807, 2.05) is 0 Å². The van der Waals surface area contributed by atoms with Gasteiger partial charge in [-0.3, -0.25) is 0 Å². The molecule has 92 valence electrons. The highest BCUT2D eigenvalue weighted by Gasteiger charge is 2.51. The van der Waals surface area contributed by atoms with Crippen LogP contribution in [-0.4, -0.2) is 63.8 Å². The maximum atomic E-state index is 9.70. The first-order valence-corrected chi connectivity index (χ1v) is 4.86. The lowest BCUT2D eigenvalue weighted by atomic mass is 9.93. The highest BCUT2D eigenvalue weighted by Crippen LogP contribution is 2.30. The molecule has 5 atom stereocenters. The monoisotopic (exact) mass is 232 g/mol. The molecule has 6 nitrogen and oxygen atoms in total. The van der Waals surface area contributed by atoms with E-state index < -0.39 is 36.8 Å². The van der Waals surface area contributed by atoms with E-state index in [4.69, 9.17) is 21.0 Å². The van der Waals surface area contributed by atoms with Crippen LogP contribution in [-0.2, 0) is 9.47 Å². The summed E-state index contributed by atoms with van der Waals surface area (Å²) in [6.45, 7) is 0.765. The second kappa shape index (κ2) is 5.10. The SMILES string of the molecule is C#CCO[C@]1(C)OC(CO)[C@H](O)C(O)[C@@H]1O. The van der Waals surface area contributed by atoms with Crippen molar-refractivity contribution < 1.29 is 29.9 Å². The molecule has 6 heteroatoms. The Labute approximate surface area is 93.4 Å². The topological polar surface area (TPSA) is 99.4 Å². The van der Waals surface area contributed by atoms with Crippen LogP contribution in [0.3, 0.4) is 0 Å². The highest BCUT2D eigenvalue weighted by molar-refractivity contribution is 4.96. The van der Waals surface area contributed by atoms with Crippen molar-refractivity contribution in [1.29, 1.82) is 0 Å². The molecule has 2 unspecified atom stereocenters. The number of terminal acetylenes is 1. The van der Waals surface area contributed by atoms with Crippen LogP contribution in [0.15, 0.2) is 0 Å². The van der Waals surface area contributed by atoms with Crippen LogP contribution in [0.25, 0.3) is 0 Å². The normalized spacial score (nSPS) is 44.0. The van der Waals surface area contributed by atoms with Crippen molar-refractivity contribution in [2.75, 3.05) is 13.2 Å². The minimum atomic E-state index is -1.54. The van der Waals surface area contributed by atoms with E-state index in [0.29, 0.717) is 0 Å². The van der Waals surface area contributed by atoms with Crippen molar-refractivity contribution in [3.8, 4) is 12.3 Å². The molecule has 1 aliphatic heterocycles. The van der Waals surface area contributed by atoms with Gasteiger partial charge in [-0.25, -0.2) is 0 Å². The summed E-state index contributed by atoms with van der Waals surface area (Å²) in [4.78, 5) is 0. The molecule has 1 aliphatic rings. The Hall–Kier alpha value is -0.680. The van der Waals surface area contributed by atoms with Gasteiger partial charge >= 0.3 is 0 Å². The smallest absolute Gasteiger partial charge is 0.195 e. The maximum Gasteiger partial charge on any atom is 0.195 e. The zero-order valence-electron chi connectivity index (χ0n) is 8.91. The fourth-order valence-electron chi connectivity index (χ4n) is 1.61. The molecule has 1 saturated heterocycles. The molecule has 0 amide bonds. The van der Waals surface area contributed by atoms with Gasteiger partial charge in [-0.15, -0.1) is 6.42 Å². The van der Waals surface area contributed by atoms with Gasteiger partial charge in [0.2, 0.25) is 0 Å². The Balaban J connectivity index is 2.81. The molecule has 1 rings (SSSR count). The second-order valence-corrected chi connectivity index (χ2v) is 3.77. The summed E-state index contributed by atoms with van der Waals surface area (Å²) in [7, 11) is 0. The minimum absolute atomic E-state index is 0.117. The predicted molar refractivity (Wildman–Crippen MR) is 53.2 cm³/mol. The molecule has 1 heterocycles.